The molecule has 0 N–H and O–H groups in total. The SMILES string of the molecule is CCCS(=O)(=O)c1ccc(C)c(OC)c1. The molecule has 0 atom stereocenters. The zero-order valence-corrected chi connectivity index (χ0v) is 10.1. The smallest absolute Gasteiger partial charge is 0.178 e. The van der Waals surface area contributed by atoms with Crippen LogP contribution in [0.3, 0.4) is 0 Å². The minimum absolute atomic E-state index is 0.180. The van der Waals surface area contributed by atoms with Crippen molar-refractivity contribution >= 4 is 9.84 Å². The molecule has 0 fully saturated rings. The lowest BCUT2D eigenvalue weighted by Gasteiger charge is -2.07. The third-order valence-electron chi connectivity index (χ3n) is 2.21. The summed E-state index contributed by atoms with van der Waals surface area (Å²) >= 11 is 0. The Balaban J connectivity index is 3.17. The predicted octanol–water partition coefficient (Wildman–Crippen LogP) is 2.19. The second kappa shape index (κ2) is 4.66. The van der Waals surface area contributed by atoms with Gasteiger partial charge in [-0.3, -0.25) is 0 Å². The van der Waals surface area contributed by atoms with Gasteiger partial charge in [-0.2, -0.15) is 0 Å². The van der Waals surface area contributed by atoms with E-state index in [2.05, 4.69) is 0 Å². The Morgan fingerprint density at radius 3 is 2.53 bits per heavy atom. The van der Waals surface area contributed by atoms with Gasteiger partial charge in [-0.05, 0) is 31.0 Å². The fourth-order valence-electron chi connectivity index (χ4n) is 1.38. The van der Waals surface area contributed by atoms with E-state index in [0.29, 0.717) is 17.1 Å². The summed E-state index contributed by atoms with van der Waals surface area (Å²) in [5, 5.41) is 0. The van der Waals surface area contributed by atoms with Crippen molar-refractivity contribution in [2.24, 2.45) is 0 Å². The van der Waals surface area contributed by atoms with Crippen molar-refractivity contribution in [1.29, 1.82) is 0 Å². The van der Waals surface area contributed by atoms with Crippen LogP contribution in [-0.2, 0) is 9.84 Å². The molecule has 3 nitrogen and oxygen atoms in total. The summed E-state index contributed by atoms with van der Waals surface area (Å²) in [6.45, 7) is 3.73. The molecule has 0 amide bonds. The third kappa shape index (κ3) is 2.72. The van der Waals surface area contributed by atoms with Crippen LogP contribution >= 0.6 is 0 Å². The van der Waals surface area contributed by atoms with Gasteiger partial charge < -0.3 is 4.74 Å². The number of benzene rings is 1. The molecule has 4 heteroatoms. The van der Waals surface area contributed by atoms with Gasteiger partial charge in [0.05, 0.1) is 17.8 Å². The molecule has 0 radical (unpaired) electrons. The summed E-state index contributed by atoms with van der Waals surface area (Å²) in [7, 11) is -1.60. The number of aryl methyl sites for hydroxylation is 1. The number of hydrogen-bond donors (Lipinski definition) is 0. The Kier molecular flexibility index (Phi) is 3.74. The second-order valence-electron chi connectivity index (χ2n) is 3.45. The highest BCUT2D eigenvalue weighted by Crippen LogP contribution is 2.22. The van der Waals surface area contributed by atoms with Crippen LogP contribution in [0.25, 0.3) is 0 Å². The Bertz CT molecular complexity index is 435. The number of sulfone groups is 1. The second-order valence-corrected chi connectivity index (χ2v) is 5.56. The van der Waals surface area contributed by atoms with E-state index in [1.54, 1.807) is 25.3 Å². The van der Waals surface area contributed by atoms with E-state index in [-0.39, 0.29) is 5.75 Å². The maximum absolute atomic E-state index is 11.8. The van der Waals surface area contributed by atoms with Gasteiger partial charge in [0, 0.05) is 0 Å². The predicted molar refractivity (Wildman–Crippen MR) is 60.1 cm³/mol. The molecule has 0 saturated carbocycles. The van der Waals surface area contributed by atoms with Crippen molar-refractivity contribution in [3.8, 4) is 5.75 Å². The molecule has 1 aromatic carbocycles. The van der Waals surface area contributed by atoms with Crippen LogP contribution in [0.4, 0.5) is 0 Å². The molecule has 0 unspecified atom stereocenters. The molecule has 0 aliphatic carbocycles. The number of hydrogen-bond acceptors (Lipinski definition) is 3. The molecular formula is C11H16O3S. The van der Waals surface area contributed by atoms with E-state index in [4.69, 9.17) is 4.74 Å². The number of methoxy groups -OCH3 is 1. The van der Waals surface area contributed by atoms with E-state index >= 15 is 0 Å². The summed E-state index contributed by atoms with van der Waals surface area (Å²) < 4.78 is 28.6. The standard InChI is InChI=1S/C11H16O3S/c1-4-7-15(12,13)10-6-5-9(2)11(8-10)14-3/h5-6,8H,4,7H2,1-3H3. The first kappa shape index (κ1) is 12.0. The van der Waals surface area contributed by atoms with Crippen molar-refractivity contribution in [3.05, 3.63) is 23.8 Å². The van der Waals surface area contributed by atoms with Gasteiger partial charge in [-0.15, -0.1) is 0 Å². The van der Waals surface area contributed by atoms with Crippen LogP contribution in [0.15, 0.2) is 23.1 Å². The quantitative estimate of drug-likeness (QED) is 0.793. The highest BCUT2D eigenvalue weighted by atomic mass is 32.2. The molecule has 84 valence electrons. The van der Waals surface area contributed by atoms with Gasteiger partial charge in [-0.25, -0.2) is 8.42 Å². The van der Waals surface area contributed by atoms with Gasteiger partial charge in [-0.1, -0.05) is 13.0 Å². The summed E-state index contributed by atoms with van der Waals surface area (Å²) in [6.07, 6.45) is 0.624. The Morgan fingerprint density at radius 1 is 1.33 bits per heavy atom. The lowest BCUT2D eigenvalue weighted by Crippen LogP contribution is -2.06. The van der Waals surface area contributed by atoms with Crippen LogP contribution in [0.2, 0.25) is 0 Å². The maximum atomic E-state index is 11.8. The van der Waals surface area contributed by atoms with Crippen LogP contribution in [-0.4, -0.2) is 21.3 Å². The molecule has 0 aliphatic heterocycles. The summed E-state index contributed by atoms with van der Waals surface area (Å²) in [5.41, 5.74) is 0.938. The first-order valence-corrected chi connectivity index (χ1v) is 6.54. The topological polar surface area (TPSA) is 43.4 Å². The summed E-state index contributed by atoms with van der Waals surface area (Å²) in [4.78, 5) is 0.340. The molecular weight excluding hydrogens is 212 g/mol. The molecule has 1 aromatic rings. The normalized spacial score (nSPS) is 11.4. The highest BCUT2D eigenvalue weighted by molar-refractivity contribution is 7.91. The highest BCUT2D eigenvalue weighted by Gasteiger charge is 2.14. The fraction of sp³-hybridized carbons (Fsp3) is 0.455. The molecule has 0 aromatic heterocycles. The van der Waals surface area contributed by atoms with Crippen LogP contribution in [0.5, 0.6) is 5.75 Å². The zero-order chi connectivity index (χ0) is 11.5. The van der Waals surface area contributed by atoms with E-state index in [9.17, 15) is 8.42 Å². The number of rotatable bonds is 4. The minimum Gasteiger partial charge on any atom is -0.496 e. The van der Waals surface area contributed by atoms with Gasteiger partial charge in [0.2, 0.25) is 0 Å². The summed E-state index contributed by atoms with van der Waals surface area (Å²) in [5.74, 6) is 0.798. The maximum Gasteiger partial charge on any atom is 0.178 e. The molecule has 15 heavy (non-hydrogen) atoms. The van der Waals surface area contributed by atoms with E-state index in [1.165, 1.54) is 0 Å². The monoisotopic (exact) mass is 228 g/mol. The molecule has 0 aliphatic rings. The van der Waals surface area contributed by atoms with Crippen molar-refractivity contribution in [2.45, 2.75) is 25.2 Å². The average Bonchev–Trinajstić information content (AvgIpc) is 2.18. The van der Waals surface area contributed by atoms with Gasteiger partial charge in [0.25, 0.3) is 0 Å². The Morgan fingerprint density at radius 2 is 2.00 bits per heavy atom. The molecule has 0 heterocycles. The van der Waals surface area contributed by atoms with Gasteiger partial charge >= 0.3 is 0 Å². The largest absolute Gasteiger partial charge is 0.496 e. The summed E-state index contributed by atoms with van der Waals surface area (Å²) in [6, 6.07) is 4.98. The molecule has 1 rings (SSSR count). The first-order valence-electron chi connectivity index (χ1n) is 4.88. The number of ether oxygens (including phenoxy) is 1. The van der Waals surface area contributed by atoms with Gasteiger partial charge in [0.15, 0.2) is 9.84 Å². The molecule has 0 spiro atoms. The lowest BCUT2D eigenvalue weighted by molar-refractivity contribution is 0.410. The van der Waals surface area contributed by atoms with Crippen molar-refractivity contribution in [1.82, 2.24) is 0 Å². The van der Waals surface area contributed by atoms with Gasteiger partial charge in [0.1, 0.15) is 5.75 Å². The molecule has 0 bridgehead atoms. The van der Waals surface area contributed by atoms with Crippen molar-refractivity contribution < 1.29 is 13.2 Å². The van der Waals surface area contributed by atoms with Crippen LogP contribution in [0.1, 0.15) is 18.9 Å². The molecule has 0 saturated heterocycles. The van der Waals surface area contributed by atoms with E-state index < -0.39 is 9.84 Å². The van der Waals surface area contributed by atoms with Crippen molar-refractivity contribution in [2.75, 3.05) is 12.9 Å². The fourth-order valence-corrected chi connectivity index (χ4v) is 2.72. The lowest BCUT2D eigenvalue weighted by atomic mass is 10.2. The first-order chi connectivity index (χ1) is 7.01. The third-order valence-corrected chi connectivity index (χ3v) is 4.13. The van der Waals surface area contributed by atoms with Crippen LogP contribution in [0, 0.1) is 6.92 Å². The minimum atomic E-state index is -3.14. The van der Waals surface area contributed by atoms with Crippen molar-refractivity contribution in [3.63, 3.8) is 0 Å². The van der Waals surface area contributed by atoms with E-state index in [0.717, 1.165) is 5.56 Å². The Labute approximate surface area is 91.0 Å². The average molecular weight is 228 g/mol. The Hall–Kier alpha value is -1.03. The zero-order valence-electron chi connectivity index (χ0n) is 9.28. The van der Waals surface area contributed by atoms with Crippen LogP contribution < -0.4 is 4.74 Å². The van der Waals surface area contributed by atoms with E-state index in [1.807, 2.05) is 13.8 Å².